The fourth-order valence-electron chi connectivity index (χ4n) is 2.61. The van der Waals surface area contributed by atoms with Gasteiger partial charge in [0.25, 0.3) is 0 Å². The summed E-state index contributed by atoms with van der Waals surface area (Å²) < 4.78 is 1.12. The molecule has 1 amide bonds. The Morgan fingerprint density at radius 3 is 2.77 bits per heavy atom. The first-order chi connectivity index (χ1) is 12.6. The van der Waals surface area contributed by atoms with E-state index in [1.165, 1.54) is 0 Å². The summed E-state index contributed by atoms with van der Waals surface area (Å²) >= 11 is 7.97. The Labute approximate surface area is 161 Å². The molecule has 26 heavy (non-hydrogen) atoms. The van der Waals surface area contributed by atoms with Crippen molar-refractivity contribution in [2.75, 3.05) is 11.9 Å². The molecule has 0 aliphatic heterocycles. The van der Waals surface area contributed by atoms with Crippen LogP contribution >= 0.6 is 22.9 Å². The van der Waals surface area contributed by atoms with Crippen molar-refractivity contribution in [3.05, 3.63) is 47.5 Å². The third kappa shape index (κ3) is 4.40. The Bertz CT molecular complexity index is 878. The molecular formula is C19H21ClN4OS. The van der Waals surface area contributed by atoms with Gasteiger partial charge in [-0.1, -0.05) is 30.2 Å². The average molecular weight is 389 g/mol. The van der Waals surface area contributed by atoms with Crippen molar-refractivity contribution in [1.29, 1.82) is 0 Å². The summed E-state index contributed by atoms with van der Waals surface area (Å²) in [5.74, 6) is -0.239. The van der Waals surface area contributed by atoms with Crippen LogP contribution < -0.4 is 16.8 Å². The Morgan fingerprint density at radius 2 is 2.04 bits per heavy atom. The van der Waals surface area contributed by atoms with Crippen LogP contribution in [0.15, 0.2) is 42.5 Å². The topological polar surface area (TPSA) is 94.0 Å². The molecule has 0 unspecified atom stereocenters. The van der Waals surface area contributed by atoms with Gasteiger partial charge in [0.2, 0.25) is 5.91 Å². The molecule has 0 fully saturated rings. The fourth-order valence-corrected chi connectivity index (χ4v) is 3.80. The zero-order chi connectivity index (χ0) is 18.5. The average Bonchev–Trinajstić information content (AvgIpc) is 3.07. The van der Waals surface area contributed by atoms with Gasteiger partial charge in [-0.3, -0.25) is 4.79 Å². The molecule has 136 valence electrons. The molecule has 7 heteroatoms. The fraction of sp³-hybridized carbons (Fsp3) is 0.263. The van der Waals surface area contributed by atoms with Gasteiger partial charge in [0, 0.05) is 5.56 Å². The van der Waals surface area contributed by atoms with Crippen molar-refractivity contribution in [3.8, 4) is 10.6 Å². The van der Waals surface area contributed by atoms with Crippen molar-refractivity contribution in [3.63, 3.8) is 0 Å². The van der Waals surface area contributed by atoms with Crippen LogP contribution in [-0.4, -0.2) is 23.5 Å². The van der Waals surface area contributed by atoms with E-state index in [0.717, 1.165) is 33.6 Å². The van der Waals surface area contributed by atoms with Gasteiger partial charge in [-0.15, -0.1) is 11.3 Å². The van der Waals surface area contributed by atoms with Crippen LogP contribution in [0.25, 0.3) is 20.8 Å². The molecule has 0 aliphatic carbocycles. The number of amides is 1. The van der Waals surface area contributed by atoms with Crippen LogP contribution in [0.5, 0.6) is 0 Å². The first-order valence-electron chi connectivity index (χ1n) is 8.50. The first-order valence-corrected chi connectivity index (χ1v) is 9.70. The molecule has 3 rings (SSSR count). The third-order valence-electron chi connectivity index (χ3n) is 4.07. The Balaban J connectivity index is 1.72. The standard InChI is InChI=1S/C19H21ClN4OS/c20-13-11-12(19-24-16-6-1-2-7-17(16)26-19)8-9-15(13)23-18(25)14(22)5-3-4-10-21/h1-2,6-9,11,14H,3-5,10,21-22H2,(H,23,25)/t14-/m0/s1. The molecule has 1 aromatic heterocycles. The van der Waals surface area contributed by atoms with Crippen LogP contribution in [0.2, 0.25) is 5.02 Å². The molecule has 0 spiro atoms. The maximum atomic E-state index is 12.2. The minimum absolute atomic E-state index is 0.239. The van der Waals surface area contributed by atoms with Crippen LogP contribution in [0.4, 0.5) is 5.69 Å². The number of unbranched alkanes of at least 4 members (excludes halogenated alkanes) is 1. The lowest BCUT2D eigenvalue weighted by Gasteiger charge is -2.13. The minimum atomic E-state index is -0.568. The smallest absolute Gasteiger partial charge is 0.241 e. The summed E-state index contributed by atoms with van der Waals surface area (Å²) in [6.45, 7) is 0.605. The molecule has 2 aromatic carbocycles. The van der Waals surface area contributed by atoms with Crippen LogP contribution in [-0.2, 0) is 4.79 Å². The predicted molar refractivity (Wildman–Crippen MR) is 110 cm³/mol. The Hall–Kier alpha value is -1.99. The number of carbonyl (C=O) groups excluding carboxylic acids is 1. The van der Waals surface area contributed by atoms with Gasteiger partial charge in [0.15, 0.2) is 0 Å². The summed E-state index contributed by atoms with van der Waals surface area (Å²) in [6, 6.07) is 12.9. The molecule has 0 saturated carbocycles. The van der Waals surface area contributed by atoms with Crippen molar-refractivity contribution >= 4 is 44.7 Å². The van der Waals surface area contributed by atoms with E-state index in [9.17, 15) is 4.79 Å². The normalized spacial score (nSPS) is 12.3. The van der Waals surface area contributed by atoms with Crippen LogP contribution in [0.3, 0.4) is 0 Å². The highest BCUT2D eigenvalue weighted by Gasteiger charge is 2.15. The summed E-state index contributed by atoms with van der Waals surface area (Å²) in [5, 5.41) is 4.15. The largest absolute Gasteiger partial charge is 0.330 e. The Kier molecular flexibility index (Phi) is 6.21. The number of para-hydroxylation sites is 1. The number of carbonyl (C=O) groups is 1. The molecule has 5 nitrogen and oxygen atoms in total. The summed E-state index contributed by atoms with van der Waals surface area (Å²) in [7, 11) is 0. The van der Waals surface area contributed by atoms with Crippen LogP contribution in [0.1, 0.15) is 19.3 Å². The van der Waals surface area contributed by atoms with E-state index < -0.39 is 6.04 Å². The lowest BCUT2D eigenvalue weighted by atomic mass is 10.1. The van der Waals surface area contributed by atoms with E-state index in [0.29, 0.717) is 23.7 Å². The highest BCUT2D eigenvalue weighted by atomic mass is 35.5. The molecule has 5 N–H and O–H groups in total. The highest BCUT2D eigenvalue weighted by Crippen LogP contribution is 2.33. The zero-order valence-electron chi connectivity index (χ0n) is 14.2. The minimum Gasteiger partial charge on any atom is -0.330 e. The van der Waals surface area contributed by atoms with E-state index in [4.69, 9.17) is 23.1 Å². The molecule has 1 atom stereocenters. The number of rotatable bonds is 7. The van der Waals surface area contributed by atoms with Crippen molar-refractivity contribution in [1.82, 2.24) is 4.98 Å². The molecule has 0 radical (unpaired) electrons. The SMILES string of the molecule is NCCCC[C@H](N)C(=O)Nc1ccc(-c2nc3ccccc3s2)cc1Cl. The van der Waals surface area contributed by atoms with E-state index in [1.54, 1.807) is 17.4 Å². The number of halogens is 1. The van der Waals surface area contributed by atoms with Crippen molar-refractivity contribution in [2.24, 2.45) is 11.5 Å². The number of fused-ring (bicyclic) bond motifs is 1. The van der Waals surface area contributed by atoms with E-state index in [-0.39, 0.29) is 5.91 Å². The molecular weight excluding hydrogens is 368 g/mol. The van der Waals surface area contributed by atoms with Gasteiger partial charge in [0.05, 0.1) is 27.0 Å². The van der Waals surface area contributed by atoms with Gasteiger partial charge in [-0.05, 0) is 49.7 Å². The number of benzene rings is 2. The molecule has 0 bridgehead atoms. The second-order valence-corrected chi connectivity index (χ2v) is 7.50. The quantitative estimate of drug-likeness (QED) is 0.533. The lowest BCUT2D eigenvalue weighted by molar-refractivity contribution is -0.117. The Morgan fingerprint density at radius 1 is 1.23 bits per heavy atom. The second kappa shape index (κ2) is 8.60. The summed E-state index contributed by atoms with van der Waals surface area (Å²) in [5.41, 5.74) is 13.8. The van der Waals surface area contributed by atoms with Gasteiger partial charge in [0.1, 0.15) is 5.01 Å². The lowest BCUT2D eigenvalue weighted by Crippen LogP contribution is -2.35. The highest BCUT2D eigenvalue weighted by molar-refractivity contribution is 7.21. The van der Waals surface area contributed by atoms with Gasteiger partial charge < -0.3 is 16.8 Å². The number of thiazole rings is 1. The maximum Gasteiger partial charge on any atom is 0.241 e. The number of aromatic nitrogens is 1. The number of anilines is 1. The molecule has 0 saturated heterocycles. The number of nitrogens with zero attached hydrogens (tertiary/aromatic N) is 1. The summed E-state index contributed by atoms with van der Waals surface area (Å²) in [6.07, 6.45) is 2.29. The number of hydrogen-bond acceptors (Lipinski definition) is 5. The van der Waals surface area contributed by atoms with Gasteiger partial charge >= 0.3 is 0 Å². The zero-order valence-corrected chi connectivity index (χ0v) is 15.8. The van der Waals surface area contributed by atoms with E-state index in [1.807, 2.05) is 36.4 Å². The van der Waals surface area contributed by atoms with Gasteiger partial charge in [-0.2, -0.15) is 0 Å². The molecule has 1 heterocycles. The van der Waals surface area contributed by atoms with Crippen molar-refractivity contribution < 1.29 is 4.79 Å². The van der Waals surface area contributed by atoms with E-state index >= 15 is 0 Å². The monoisotopic (exact) mass is 388 g/mol. The maximum absolute atomic E-state index is 12.2. The van der Waals surface area contributed by atoms with E-state index in [2.05, 4.69) is 10.3 Å². The third-order valence-corrected chi connectivity index (χ3v) is 5.47. The summed E-state index contributed by atoms with van der Waals surface area (Å²) in [4.78, 5) is 16.8. The van der Waals surface area contributed by atoms with Crippen LogP contribution in [0, 0.1) is 0 Å². The van der Waals surface area contributed by atoms with Crippen molar-refractivity contribution in [2.45, 2.75) is 25.3 Å². The number of hydrogen-bond donors (Lipinski definition) is 3. The van der Waals surface area contributed by atoms with Gasteiger partial charge in [-0.25, -0.2) is 4.98 Å². The second-order valence-electron chi connectivity index (χ2n) is 6.06. The molecule has 3 aromatic rings. The predicted octanol–water partition coefficient (Wildman–Crippen LogP) is 4.01. The molecule has 0 aliphatic rings. The number of nitrogens with one attached hydrogen (secondary N) is 1. The number of nitrogens with two attached hydrogens (primary N) is 2. The first kappa shape index (κ1) is 18.8.